The highest BCUT2D eigenvalue weighted by molar-refractivity contribution is 7.13. The Bertz CT molecular complexity index is 686. The quantitative estimate of drug-likeness (QED) is 0.738. The maximum Gasteiger partial charge on any atom is 0.241 e. The van der Waals surface area contributed by atoms with E-state index >= 15 is 0 Å². The van der Waals surface area contributed by atoms with E-state index in [9.17, 15) is 4.79 Å². The fraction of sp³-hybridized carbons (Fsp3) is 0.412. The molecule has 1 aliphatic heterocycles. The van der Waals surface area contributed by atoms with Crippen LogP contribution < -0.4 is 16.4 Å². The van der Waals surface area contributed by atoms with Crippen molar-refractivity contribution in [2.24, 2.45) is 11.7 Å². The Morgan fingerprint density at radius 2 is 1.92 bits per heavy atom. The number of aryl methyl sites for hydroxylation is 1. The number of nitrogens with two attached hydrogens (primary N) is 1. The summed E-state index contributed by atoms with van der Waals surface area (Å²) < 4.78 is 5.31. The summed E-state index contributed by atoms with van der Waals surface area (Å²) in [5.74, 6) is 0.0472. The third kappa shape index (κ3) is 5.40. The van der Waals surface area contributed by atoms with Crippen LogP contribution in [0.4, 0.5) is 16.5 Å². The van der Waals surface area contributed by atoms with Gasteiger partial charge < -0.3 is 21.1 Å². The summed E-state index contributed by atoms with van der Waals surface area (Å²) in [7, 11) is 0. The highest BCUT2D eigenvalue weighted by Crippen LogP contribution is 2.23. The number of nitrogens with one attached hydrogen (secondary N) is 2. The molecule has 1 aromatic carbocycles. The molecule has 3 rings (SSSR count). The van der Waals surface area contributed by atoms with Crippen molar-refractivity contribution in [2.45, 2.75) is 25.8 Å². The summed E-state index contributed by atoms with van der Waals surface area (Å²) in [5.41, 5.74) is 8.75. The average molecular weight is 383 g/mol. The first-order valence-corrected chi connectivity index (χ1v) is 8.93. The van der Waals surface area contributed by atoms with Crippen molar-refractivity contribution in [3.8, 4) is 0 Å². The molecule has 136 valence electrons. The van der Waals surface area contributed by atoms with E-state index in [1.54, 1.807) is 11.3 Å². The van der Waals surface area contributed by atoms with Gasteiger partial charge in [-0.3, -0.25) is 4.79 Å². The number of amides is 1. The number of hydrogen-bond donors (Lipinski definition) is 3. The number of benzene rings is 1. The number of nitrogens with zero attached hydrogens (tertiary/aromatic N) is 1. The minimum atomic E-state index is -0.495. The fourth-order valence-corrected chi connectivity index (χ4v) is 3.39. The Balaban J connectivity index is 0.00000225. The molecule has 1 unspecified atom stereocenters. The van der Waals surface area contributed by atoms with Crippen LogP contribution in [0.5, 0.6) is 0 Å². The number of thiazole rings is 1. The summed E-state index contributed by atoms with van der Waals surface area (Å²) in [6, 6.07) is 7.04. The minimum absolute atomic E-state index is 0. The highest BCUT2D eigenvalue weighted by atomic mass is 35.5. The lowest BCUT2D eigenvalue weighted by molar-refractivity contribution is -0.119. The molecule has 1 fully saturated rings. The molecule has 1 aromatic heterocycles. The molecule has 0 saturated carbocycles. The monoisotopic (exact) mass is 382 g/mol. The van der Waals surface area contributed by atoms with E-state index in [2.05, 4.69) is 15.6 Å². The topological polar surface area (TPSA) is 89.3 Å². The predicted molar refractivity (Wildman–Crippen MR) is 104 cm³/mol. The lowest BCUT2D eigenvalue weighted by atomic mass is 9.92. The van der Waals surface area contributed by atoms with Crippen LogP contribution >= 0.6 is 23.7 Å². The Labute approximate surface area is 157 Å². The first-order valence-electron chi connectivity index (χ1n) is 8.05. The van der Waals surface area contributed by atoms with Crippen molar-refractivity contribution in [1.29, 1.82) is 0 Å². The largest absolute Gasteiger partial charge is 0.381 e. The zero-order chi connectivity index (χ0) is 16.9. The van der Waals surface area contributed by atoms with Gasteiger partial charge in [-0.1, -0.05) is 0 Å². The van der Waals surface area contributed by atoms with E-state index in [-0.39, 0.29) is 24.2 Å². The van der Waals surface area contributed by atoms with Gasteiger partial charge in [0.05, 0.1) is 11.7 Å². The average Bonchev–Trinajstić information content (AvgIpc) is 3.01. The summed E-state index contributed by atoms with van der Waals surface area (Å²) >= 11 is 1.56. The second kappa shape index (κ2) is 9.15. The van der Waals surface area contributed by atoms with Gasteiger partial charge in [0.1, 0.15) is 0 Å². The summed E-state index contributed by atoms with van der Waals surface area (Å²) in [4.78, 5) is 16.7. The van der Waals surface area contributed by atoms with Crippen LogP contribution in [-0.4, -0.2) is 30.1 Å². The van der Waals surface area contributed by atoms with Crippen molar-refractivity contribution in [1.82, 2.24) is 4.98 Å². The standard InChI is InChI=1S/C17H22N4O2S.ClH/c1-11-10-24-17(19-11)21-14-4-2-13(3-5-14)20-16(22)15(18)12-6-8-23-9-7-12;/h2-5,10,12,15H,6-9,18H2,1H3,(H,19,21)(H,20,22);1H. The number of anilines is 3. The minimum Gasteiger partial charge on any atom is -0.381 e. The van der Waals surface area contributed by atoms with E-state index in [4.69, 9.17) is 10.5 Å². The molecule has 2 aromatic rings. The predicted octanol–water partition coefficient (Wildman–Crippen LogP) is 3.31. The number of hydrogen-bond acceptors (Lipinski definition) is 6. The van der Waals surface area contributed by atoms with Crippen LogP contribution in [0.2, 0.25) is 0 Å². The molecule has 8 heteroatoms. The van der Waals surface area contributed by atoms with Gasteiger partial charge >= 0.3 is 0 Å². The van der Waals surface area contributed by atoms with Gasteiger partial charge in [0, 0.05) is 30.0 Å². The first kappa shape index (κ1) is 19.7. The molecule has 0 spiro atoms. The highest BCUT2D eigenvalue weighted by Gasteiger charge is 2.26. The van der Waals surface area contributed by atoms with Crippen molar-refractivity contribution in [3.05, 3.63) is 35.3 Å². The lowest BCUT2D eigenvalue weighted by Crippen LogP contribution is -2.43. The molecule has 1 saturated heterocycles. The molecular formula is C17H23ClN4O2S. The molecule has 4 N–H and O–H groups in total. The summed E-state index contributed by atoms with van der Waals surface area (Å²) in [5, 5.41) is 8.97. The number of ether oxygens (including phenoxy) is 1. The van der Waals surface area contributed by atoms with Crippen LogP contribution in [0.3, 0.4) is 0 Å². The molecule has 6 nitrogen and oxygen atoms in total. The molecular weight excluding hydrogens is 360 g/mol. The maximum atomic E-state index is 12.3. The molecule has 1 atom stereocenters. The third-order valence-corrected chi connectivity index (χ3v) is 4.97. The van der Waals surface area contributed by atoms with Gasteiger partial charge in [-0.25, -0.2) is 4.98 Å². The van der Waals surface area contributed by atoms with Crippen LogP contribution in [0.1, 0.15) is 18.5 Å². The zero-order valence-corrected chi connectivity index (χ0v) is 15.7. The van der Waals surface area contributed by atoms with Crippen LogP contribution in [0.15, 0.2) is 29.6 Å². The van der Waals surface area contributed by atoms with Crippen molar-refractivity contribution >= 4 is 46.2 Å². The number of carbonyl (C=O) groups is 1. The van der Waals surface area contributed by atoms with Gasteiger partial charge in [0.15, 0.2) is 5.13 Å². The van der Waals surface area contributed by atoms with E-state index in [0.717, 1.165) is 35.0 Å². The van der Waals surface area contributed by atoms with Crippen LogP contribution in [0.25, 0.3) is 0 Å². The van der Waals surface area contributed by atoms with E-state index < -0.39 is 6.04 Å². The Morgan fingerprint density at radius 1 is 1.28 bits per heavy atom. The van der Waals surface area contributed by atoms with Gasteiger partial charge in [-0.05, 0) is 49.9 Å². The molecule has 2 heterocycles. The molecule has 0 radical (unpaired) electrons. The van der Waals surface area contributed by atoms with Crippen molar-refractivity contribution in [3.63, 3.8) is 0 Å². The lowest BCUT2D eigenvalue weighted by Gasteiger charge is -2.26. The normalized spacial score (nSPS) is 15.9. The third-order valence-electron chi connectivity index (χ3n) is 4.10. The second-order valence-electron chi connectivity index (χ2n) is 5.96. The van der Waals surface area contributed by atoms with Gasteiger partial charge in [0.2, 0.25) is 5.91 Å². The molecule has 0 aliphatic carbocycles. The number of carbonyl (C=O) groups excluding carboxylic acids is 1. The smallest absolute Gasteiger partial charge is 0.241 e. The first-order chi connectivity index (χ1) is 11.6. The molecule has 25 heavy (non-hydrogen) atoms. The van der Waals surface area contributed by atoms with Gasteiger partial charge in [0.25, 0.3) is 0 Å². The van der Waals surface area contributed by atoms with E-state index in [0.29, 0.717) is 13.2 Å². The van der Waals surface area contributed by atoms with Crippen molar-refractivity contribution in [2.75, 3.05) is 23.8 Å². The van der Waals surface area contributed by atoms with Crippen LogP contribution in [0, 0.1) is 12.8 Å². The van der Waals surface area contributed by atoms with Crippen LogP contribution in [-0.2, 0) is 9.53 Å². The van der Waals surface area contributed by atoms with Gasteiger partial charge in [-0.15, -0.1) is 23.7 Å². The Kier molecular flexibility index (Phi) is 7.19. The second-order valence-corrected chi connectivity index (χ2v) is 6.82. The number of halogens is 1. The van der Waals surface area contributed by atoms with Gasteiger partial charge in [-0.2, -0.15) is 0 Å². The fourth-order valence-electron chi connectivity index (χ4n) is 2.69. The zero-order valence-electron chi connectivity index (χ0n) is 14.0. The maximum absolute atomic E-state index is 12.3. The molecule has 1 aliphatic rings. The number of aromatic nitrogens is 1. The van der Waals surface area contributed by atoms with E-state index in [1.807, 2.05) is 36.6 Å². The number of rotatable bonds is 5. The molecule has 0 bridgehead atoms. The molecule has 1 amide bonds. The van der Waals surface area contributed by atoms with E-state index in [1.165, 1.54) is 0 Å². The Hall–Kier alpha value is -1.67. The summed E-state index contributed by atoms with van der Waals surface area (Å²) in [6.45, 7) is 3.33. The Morgan fingerprint density at radius 3 is 2.52 bits per heavy atom. The van der Waals surface area contributed by atoms with Crippen molar-refractivity contribution < 1.29 is 9.53 Å². The SMILES string of the molecule is Cc1csc(Nc2ccc(NC(=O)C(N)C3CCOCC3)cc2)n1.Cl. The summed E-state index contributed by atoms with van der Waals surface area (Å²) in [6.07, 6.45) is 1.68.